The number of ether oxygens (including phenoxy) is 1. The molecule has 1 N–H and O–H groups in total. The van der Waals surface area contributed by atoms with E-state index in [-0.39, 0.29) is 0 Å². The van der Waals surface area contributed by atoms with Gasteiger partial charge in [0.15, 0.2) is 6.73 Å². The quantitative estimate of drug-likeness (QED) is 0.540. The van der Waals surface area contributed by atoms with Gasteiger partial charge < -0.3 is 10.1 Å². The van der Waals surface area contributed by atoms with Crippen LogP contribution in [0.4, 0.5) is 0 Å². The van der Waals surface area contributed by atoms with Crippen LogP contribution in [0.25, 0.3) is 0 Å². The van der Waals surface area contributed by atoms with Crippen molar-refractivity contribution in [2.24, 2.45) is 0 Å². The van der Waals surface area contributed by atoms with Crippen molar-refractivity contribution in [2.75, 3.05) is 12.6 Å². The summed E-state index contributed by atoms with van der Waals surface area (Å²) in [6.45, 7) is 2.48. The maximum absolute atomic E-state index is 5.50. The Morgan fingerprint density at radius 2 is 2.62 bits per heavy atom. The normalized spacial score (nSPS) is 18.2. The van der Waals surface area contributed by atoms with E-state index in [1.54, 1.807) is 0 Å². The molecule has 0 saturated carbocycles. The summed E-state index contributed by atoms with van der Waals surface area (Å²) in [6, 6.07) is 0. The first kappa shape index (κ1) is 5.76. The third kappa shape index (κ3) is 0.892. The van der Waals surface area contributed by atoms with E-state index in [9.17, 15) is 0 Å². The van der Waals surface area contributed by atoms with Gasteiger partial charge in [-0.05, 0) is 6.92 Å². The van der Waals surface area contributed by atoms with E-state index in [1.165, 1.54) is 0 Å². The molecular formula is C5H8ClNO. The number of halogens is 1. The van der Waals surface area contributed by atoms with Crippen LogP contribution in [0.5, 0.6) is 0 Å². The van der Waals surface area contributed by atoms with Crippen molar-refractivity contribution >= 4 is 11.6 Å². The molecule has 1 rings (SSSR count). The Bertz CT molecular complexity index is 122. The zero-order valence-electron chi connectivity index (χ0n) is 4.70. The Hall–Kier alpha value is -0.370. The number of rotatable bonds is 1. The van der Waals surface area contributed by atoms with E-state index in [2.05, 4.69) is 5.32 Å². The first-order valence-electron chi connectivity index (χ1n) is 2.47. The Morgan fingerprint density at radius 3 is 2.88 bits per heavy atom. The Kier molecular flexibility index (Phi) is 1.63. The van der Waals surface area contributed by atoms with Crippen LogP contribution >= 0.6 is 11.6 Å². The molecule has 8 heavy (non-hydrogen) atoms. The molecule has 0 atom stereocenters. The molecule has 0 aromatic rings. The van der Waals surface area contributed by atoms with Crippen molar-refractivity contribution in [1.82, 2.24) is 5.32 Å². The lowest BCUT2D eigenvalue weighted by Crippen LogP contribution is -2.08. The lowest BCUT2D eigenvalue weighted by Gasteiger charge is -1.91. The molecule has 0 fully saturated rings. The van der Waals surface area contributed by atoms with E-state index in [0.717, 1.165) is 11.5 Å². The molecule has 0 aliphatic carbocycles. The van der Waals surface area contributed by atoms with E-state index in [0.29, 0.717) is 12.6 Å². The van der Waals surface area contributed by atoms with Crippen molar-refractivity contribution in [3.05, 3.63) is 11.5 Å². The maximum Gasteiger partial charge on any atom is 0.158 e. The zero-order chi connectivity index (χ0) is 5.98. The van der Waals surface area contributed by atoms with Crippen LogP contribution in [0, 0.1) is 0 Å². The van der Waals surface area contributed by atoms with Crippen LogP contribution in [-0.2, 0) is 4.74 Å². The summed E-state index contributed by atoms with van der Waals surface area (Å²) < 4.78 is 5.04. The third-order valence-corrected chi connectivity index (χ3v) is 1.40. The minimum atomic E-state index is 0.520. The largest absolute Gasteiger partial charge is 0.476 e. The zero-order valence-corrected chi connectivity index (χ0v) is 5.46. The second kappa shape index (κ2) is 2.27. The lowest BCUT2D eigenvalue weighted by atomic mass is 10.4. The molecule has 0 bridgehead atoms. The van der Waals surface area contributed by atoms with Crippen molar-refractivity contribution in [3.8, 4) is 0 Å². The molecule has 0 amide bonds. The highest BCUT2D eigenvalue weighted by Crippen LogP contribution is 2.09. The summed E-state index contributed by atoms with van der Waals surface area (Å²) in [5, 5.41) is 2.98. The second-order valence-corrected chi connectivity index (χ2v) is 1.90. The molecule has 0 saturated heterocycles. The maximum atomic E-state index is 5.50. The van der Waals surface area contributed by atoms with Crippen molar-refractivity contribution in [3.63, 3.8) is 0 Å². The average molecular weight is 134 g/mol. The molecule has 1 aliphatic heterocycles. The predicted molar refractivity (Wildman–Crippen MR) is 32.5 cm³/mol. The van der Waals surface area contributed by atoms with E-state index >= 15 is 0 Å². The summed E-state index contributed by atoms with van der Waals surface area (Å²) >= 11 is 5.50. The van der Waals surface area contributed by atoms with Gasteiger partial charge in [-0.25, -0.2) is 0 Å². The van der Waals surface area contributed by atoms with Gasteiger partial charge in [0.2, 0.25) is 0 Å². The first-order chi connectivity index (χ1) is 3.84. The van der Waals surface area contributed by atoms with Gasteiger partial charge in [-0.1, -0.05) is 0 Å². The highest BCUT2D eigenvalue weighted by Gasteiger charge is 2.07. The van der Waals surface area contributed by atoms with E-state index in [4.69, 9.17) is 16.3 Å². The van der Waals surface area contributed by atoms with Gasteiger partial charge in [0.25, 0.3) is 0 Å². The average Bonchev–Trinajstić information content (AvgIpc) is 2.14. The SMILES string of the molecule is CC1=C(CCl)NCO1. The third-order valence-electron chi connectivity index (χ3n) is 1.13. The molecule has 3 heteroatoms. The fourth-order valence-electron chi connectivity index (χ4n) is 0.584. The van der Waals surface area contributed by atoms with Crippen LogP contribution in [0.1, 0.15) is 6.92 Å². The Labute approximate surface area is 53.5 Å². The number of nitrogens with one attached hydrogen (secondary N) is 1. The minimum absolute atomic E-state index is 0.520. The van der Waals surface area contributed by atoms with Gasteiger partial charge in [0, 0.05) is 0 Å². The lowest BCUT2D eigenvalue weighted by molar-refractivity contribution is 0.234. The van der Waals surface area contributed by atoms with Gasteiger partial charge in [0.1, 0.15) is 5.76 Å². The topological polar surface area (TPSA) is 21.3 Å². The monoisotopic (exact) mass is 133 g/mol. The fraction of sp³-hybridized carbons (Fsp3) is 0.600. The van der Waals surface area contributed by atoms with Crippen LogP contribution in [0.3, 0.4) is 0 Å². The van der Waals surface area contributed by atoms with Gasteiger partial charge >= 0.3 is 0 Å². The first-order valence-corrected chi connectivity index (χ1v) is 3.00. The van der Waals surface area contributed by atoms with Crippen LogP contribution in [-0.4, -0.2) is 12.6 Å². The van der Waals surface area contributed by atoms with Gasteiger partial charge in [-0.15, -0.1) is 11.6 Å². The predicted octanol–water partition coefficient (Wildman–Crippen LogP) is 1.03. The molecule has 0 aromatic carbocycles. The summed E-state index contributed by atoms with van der Waals surface area (Å²) in [5.74, 6) is 1.44. The standard InChI is InChI=1S/C5H8ClNO/c1-4-5(2-6)7-3-8-4/h7H,2-3H2,1H3. The van der Waals surface area contributed by atoms with Gasteiger partial charge in [0.05, 0.1) is 11.6 Å². The molecule has 1 aliphatic rings. The van der Waals surface area contributed by atoms with E-state index < -0.39 is 0 Å². The van der Waals surface area contributed by atoms with Crippen molar-refractivity contribution in [1.29, 1.82) is 0 Å². The molecule has 1 heterocycles. The highest BCUT2D eigenvalue weighted by atomic mass is 35.5. The van der Waals surface area contributed by atoms with Crippen LogP contribution < -0.4 is 5.32 Å². The Balaban J connectivity index is 2.58. The van der Waals surface area contributed by atoms with Gasteiger partial charge in [-0.2, -0.15) is 0 Å². The summed E-state index contributed by atoms with van der Waals surface area (Å²) in [5.41, 5.74) is 1.01. The molecular weight excluding hydrogens is 126 g/mol. The number of allylic oxidation sites excluding steroid dienone is 2. The molecule has 0 aromatic heterocycles. The molecule has 0 unspecified atom stereocenters. The summed E-state index contributed by atoms with van der Waals surface area (Å²) in [4.78, 5) is 0. The van der Waals surface area contributed by atoms with Crippen LogP contribution in [0.2, 0.25) is 0 Å². The second-order valence-electron chi connectivity index (χ2n) is 1.63. The number of hydrogen-bond acceptors (Lipinski definition) is 2. The molecule has 0 radical (unpaired) electrons. The number of hydrogen-bond donors (Lipinski definition) is 1. The fourth-order valence-corrected chi connectivity index (χ4v) is 0.867. The smallest absolute Gasteiger partial charge is 0.158 e. The number of alkyl halides is 1. The molecule has 46 valence electrons. The highest BCUT2D eigenvalue weighted by molar-refractivity contribution is 6.19. The van der Waals surface area contributed by atoms with Crippen LogP contribution in [0.15, 0.2) is 11.5 Å². The summed E-state index contributed by atoms with van der Waals surface area (Å²) in [6.07, 6.45) is 0. The van der Waals surface area contributed by atoms with Crippen molar-refractivity contribution < 1.29 is 4.74 Å². The Morgan fingerprint density at radius 1 is 1.88 bits per heavy atom. The molecule has 0 spiro atoms. The summed E-state index contributed by atoms with van der Waals surface area (Å²) in [7, 11) is 0. The van der Waals surface area contributed by atoms with E-state index in [1.807, 2.05) is 6.92 Å². The minimum Gasteiger partial charge on any atom is -0.476 e. The van der Waals surface area contributed by atoms with Gasteiger partial charge in [-0.3, -0.25) is 0 Å². The molecule has 2 nitrogen and oxygen atoms in total. The van der Waals surface area contributed by atoms with Crippen molar-refractivity contribution in [2.45, 2.75) is 6.92 Å².